The topological polar surface area (TPSA) is 58.7 Å². The molecule has 0 fully saturated rings. The van der Waals surface area contributed by atoms with Crippen LogP contribution in [0.2, 0.25) is 0 Å². The van der Waals surface area contributed by atoms with Crippen LogP contribution in [0.4, 0.5) is 0 Å². The first-order valence-electron chi connectivity index (χ1n) is 7.81. The monoisotopic (exact) mass is 353 g/mol. The lowest BCUT2D eigenvalue weighted by molar-refractivity contribution is 0.727. The van der Waals surface area contributed by atoms with Gasteiger partial charge in [-0.2, -0.15) is 5.26 Å². The lowest BCUT2D eigenvalue weighted by atomic mass is 10.1. The molecule has 4 rings (SSSR count). The van der Waals surface area contributed by atoms with Crippen molar-refractivity contribution in [3.63, 3.8) is 0 Å². The van der Waals surface area contributed by atoms with Gasteiger partial charge in [0.1, 0.15) is 4.83 Å². The number of nitrogens with zero attached hydrogens (tertiary/aromatic N) is 3. The second-order valence-electron chi connectivity index (χ2n) is 5.85. The zero-order valence-electron chi connectivity index (χ0n) is 13.2. The molecular weight excluding hydrogens is 338 g/mol. The molecule has 1 aliphatic rings. The average Bonchev–Trinajstić information content (AvgIpc) is 3.17. The van der Waals surface area contributed by atoms with Gasteiger partial charge in [-0.05, 0) is 36.5 Å². The molecule has 0 bridgehead atoms. The molecule has 0 atom stereocenters. The second kappa shape index (κ2) is 6.08. The maximum absolute atomic E-state index is 12.8. The summed E-state index contributed by atoms with van der Waals surface area (Å²) < 4.78 is 1.65. The van der Waals surface area contributed by atoms with Gasteiger partial charge in [0, 0.05) is 17.7 Å². The van der Waals surface area contributed by atoms with Gasteiger partial charge in [-0.1, -0.05) is 30.0 Å². The standard InChI is InChI=1S/C18H15N3OS2/c1-21-17(22)15-13-7-4-8-14(13)24-16(15)20-18(21)23-10-12-6-3-2-5-11(12)9-19/h2-3,5-6H,4,7-8,10H2,1H3. The molecule has 0 radical (unpaired) electrons. The molecule has 3 aromatic rings. The van der Waals surface area contributed by atoms with Gasteiger partial charge in [-0.25, -0.2) is 4.98 Å². The number of thiophene rings is 1. The summed E-state index contributed by atoms with van der Waals surface area (Å²) in [6, 6.07) is 9.76. The Morgan fingerprint density at radius 3 is 3.04 bits per heavy atom. The second-order valence-corrected chi connectivity index (χ2v) is 7.88. The molecule has 6 heteroatoms. The number of aromatic nitrogens is 2. The fraction of sp³-hybridized carbons (Fsp3) is 0.278. The van der Waals surface area contributed by atoms with E-state index < -0.39 is 0 Å². The number of aryl methyl sites for hydroxylation is 2. The van der Waals surface area contributed by atoms with E-state index in [1.54, 1.807) is 23.0 Å². The van der Waals surface area contributed by atoms with Gasteiger partial charge >= 0.3 is 0 Å². The van der Waals surface area contributed by atoms with Crippen molar-refractivity contribution in [2.75, 3.05) is 0 Å². The number of fused-ring (bicyclic) bond motifs is 3. The van der Waals surface area contributed by atoms with E-state index in [0.717, 1.165) is 35.0 Å². The van der Waals surface area contributed by atoms with Gasteiger partial charge in [0.15, 0.2) is 5.16 Å². The van der Waals surface area contributed by atoms with Crippen molar-refractivity contribution in [1.29, 1.82) is 5.26 Å². The number of hydrogen-bond donors (Lipinski definition) is 0. The lowest BCUT2D eigenvalue weighted by Crippen LogP contribution is -2.20. The highest BCUT2D eigenvalue weighted by Crippen LogP contribution is 2.35. The SMILES string of the molecule is Cn1c(SCc2ccccc2C#N)nc2sc3c(c2c1=O)CCC3. The largest absolute Gasteiger partial charge is 0.290 e. The minimum Gasteiger partial charge on any atom is -0.290 e. The Kier molecular flexibility index (Phi) is 3.91. The van der Waals surface area contributed by atoms with E-state index in [9.17, 15) is 10.1 Å². The van der Waals surface area contributed by atoms with Gasteiger partial charge in [0.25, 0.3) is 5.56 Å². The highest BCUT2D eigenvalue weighted by atomic mass is 32.2. The van der Waals surface area contributed by atoms with Crippen molar-refractivity contribution in [1.82, 2.24) is 9.55 Å². The Labute approximate surface area is 147 Å². The first-order chi connectivity index (χ1) is 11.7. The molecule has 0 saturated heterocycles. The lowest BCUT2D eigenvalue weighted by Gasteiger charge is -2.08. The first-order valence-corrected chi connectivity index (χ1v) is 9.61. The number of rotatable bonds is 3. The molecule has 4 nitrogen and oxygen atoms in total. The highest BCUT2D eigenvalue weighted by Gasteiger charge is 2.22. The van der Waals surface area contributed by atoms with Crippen LogP contribution < -0.4 is 5.56 Å². The Balaban J connectivity index is 1.72. The van der Waals surface area contributed by atoms with Crippen LogP contribution in [0.5, 0.6) is 0 Å². The molecular formula is C18H15N3OS2. The zero-order chi connectivity index (χ0) is 16.7. The summed E-state index contributed by atoms with van der Waals surface area (Å²) in [4.78, 5) is 19.7. The zero-order valence-corrected chi connectivity index (χ0v) is 14.8. The van der Waals surface area contributed by atoms with Crippen molar-refractivity contribution < 1.29 is 0 Å². The number of thioether (sulfide) groups is 1. The van der Waals surface area contributed by atoms with Crippen LogP contribution >= 0.6 is 23.1 Å². The van der Waals surface area contributed by atoms with Crippen molar-refractivity contribution in [3.05, 3.63) is 56.2 Å². The van der Waals surface area contributed by atoms with Crippen LogP contribution in [0.15, 0.2) is 34.2 Å². The molecule has 0 spiro atoms. The van der Waals surface area contributed by atoms with Crippen LogP contribution in [-0.2, 0) is 25.6 Å². The fourth-order valence-corrected chi connectivity index (χ4v) is 5.41. The maximum Gasteiger partial charge on any atom is 0.262 e. The average molecular weight is 353 g/mol. The first kappa shape index (κ1) is 15.4. The summed E-state index contributed by atoms with van der Waals surface area (Å²) in [6.07, 6.45) is 3.20. The summed E-state index contributed by atoms with van der Waals surface area (Å²) >= 11 is 3.17. The fourth-order valence-electron chi connectivity index (χ4n) is 3.13. The van der Waals surface area contributed by atoms with E-state index in [1.165, 1.54) is 22.2 Å². The third kappa shape index (κ3) is 2.45. The van der Waals surface area contributed by atoms with Crippen LogP contribution in [0.3, 0.4) is 0 Å². The molecule has 24 heavy (non-hydrogen) atoms. The molecule has 120 valence electrons. The van der Waals surface area contributed by atoms with Crippen LogP contribution in [-0.4, -0.2) is 9.55 Å². The summed E-state index contributed by atoms with van der Waals surface area (Å²) in [7, 11) is 1.78. The third-order valence-electron chi connectivity index (χ3n) is 4.40. The quantitative estimate of drug-likeness (QED) is 0.533. The Bertz CT molecular complexity index is 1040. The molecule has 2 heterocycles. The summed E-state index contributed by atoms with van der Waals surface area (Å²) in [5.74, 6) is 0.626. The van der Waals surface area contributed by atoms with E-state index >= 15 is 0 Å². The molecule has 1 aliphatic carbocycles. The van der Waals surface area contributed by atoms with Gasteiger partial charge in [0.2, 0.25) is 0 Å². The van der Waals surface area contributed by atoms with E-state index in [1.807, 2.05) is 24.3 Å². The Morgan fingerprint density at radius 2 is 2.21 bits per heavy atom. The molecule has 1 aromatic carbocycles. The minimum absolute atomic E-state index is 0.0514. The molecule has 0 aliphatic heterocycles. The van der Waals surface area contributed by atoms with Gasteiger partial charge in [-0.15, -0.1) is 11.3 Å². The number of hydrogen-bond acceptors (Lipinski definition) is 5. The number of nitriles is 1. The summed E-state index contributed by atoms with van der Waals surface area (Å²) in [5, 5.41) is 10.7. The predicted molar refractivity (Wildman–Crippen MR) is 97.6 cm³/mol. The van der Waals surface area contributed by atoms with E-state index in [-0.39, 0.29) is 5.56 Å². The van der Waals surface area contributed by atoms with E-state index in [0.29, 0.717) is 16.5 Å². The summed E-state index contributed by atoms with van der Waals surface area (Å²) in [5.41, 5.74) is 2.91. The third-order valence-corrected chi connectivity index (χ3v) is 6.66. The highest BCUT2D eigenvalue weighted by molar-refractivity contribution is 7.98. The van der Waals surface area contributed by atoms with Gasteiger partial charge < -0.3 is 0 Å². The van der Waals surface area contributed by atoms with Crippen molar-refractivity contribution in [3.8, 4) is 6.07 Å². The normalized spacial score (nSPS) is 13.2. The summed E-state index contributed by atoms with van der Waals surface area (Å²) in [6.45, 7) is 0. The minimum atomic E-state index is 0.0514. The molecule has 2 aromatic heterocycles. The molecule has 0 saturated carbocycles. The van der Waals surface area contributed by atoms with Crippen molar-refractivity contribution in [2.24, 2.45) is 7.05 Å². The van der Waals surface area contributed by atoms with Crippen LogP contribution in [0.1, 0.15) is 28.0 Å². The van der Waals surface area contributed by atoms with Crippen molar-refractivity contribution >= 4 is 33.3 Å². The molecule has 0 amide bonds. The van der Waals surface area contributed by atoms with E-state index in [4.69, 9.17) is 4.98 Å². The number of benzene rings is 1. The molecule has 0 N–H and O–H groups in total. The smallest absolute Gasteiger partial charge is 0.262 e. The molecule has 0 unspecified atom stereocenters. The van der Waals surface area contributed by atoms with Crippen LogP contribution in [0.25, 0.3) is 10.2 Å². The Morgan fingerprint density at radius 1 is 1.38 bits per heavy atom. The Hall–Kier alpha value is -2.10. The van der Waals surface area contributed by atoms with Gasteiger partial charge in [0.05, 0.1) is 17.0 Å². The van der Waals surface area contributed by atoms with Crippen molar-refractivity contribution in [2.45, 2.75) is 30.2 Å². The maximum atomic E-state index is 12.8. The van der Waals surface area contributed by atoms with Crippen LogP contribution in [0, 0.1) is 11.3 Å². The van der Waals surface area contributed by atoms with Gasteiger partial charge in [-0.3, -0.25) is 9.36 Å². The van der Waals surface area contributed by atoms with E-state index in [2.05, 4.69) is 6.07 Å². The predicted octanol–water partition coefficient (Wildman–Crippen LogP) is 3.65.